The second kappa shape index (κ2) is 6.70. The maximum Gasteiger partial charge on any atom is 0.251 e. The highest BCUT2D eigenvalue weighted by Crippen LogP contribution is 2.18. The molecule has 0 bridgehead atoms. The van der Waals surface area contributed by atoms with Crippen LogP contribution in [0.4, 0.5) is 4.39 Å². The van der Waals surface area contributed by atoms with Gasteiger partial charge in [0, 0.05) is 12.1 Å². The zero-order valence-corrected chi connectivity index (χ0v) is 11.2. The number of nitrogens with one attached hydrogen (secondary N) is 1. The zero-order valence-electron chi connectivity index (χ0n) is 11.2. The standard InChI is InChI=1S/C16H16FNO2/c1-2-20-15-9-8-13(10-14(15)17)16(19)18-11-12-6-4-3-5-7-12/h3-10H,2,11H2,1H3,(H,18,19). The molecule has 2 aromatic carbocycles. The molecule has 1 N–H and O–H groups in total. The molecule has 0 radical (unpaired) electrons. The van der Waals surface area contributed by atoms with Crippen LogP contribution in [0.2, 0.25) is 0 Å². The Balaban J connectivity index is 2.00. The Kier molecular flexibility index (Phi) is 4.71. The van der Waals surface area contributed by atoms with Crippen molar-refractivity contribution in [2.24, 2.45) is 0 Å². The third-order valence-electron chi connectivity index (χ3n) is 2.79. The number of benzene rings is 2. The number of hydrogen-bond acceptors (Lipinski definition) is 2. The molecule has 0 saturated carbocycles. The third-order valence-corrected chi connectivity index (χ3v) is 2.79. The van der Waals surface area contributed by atoms with Gasteiger partial charge < -0.3 is 10.1 Å². The molecule has 0 heterocycles. The predicted molar refractivity (Wildman–Crippen MR) is 75.2 cm³/mol. The molecule has 0 aliphatic carbocycles. The molecule has 2 aromatic rings. The lowest BCUT2D eigenvalue weighted by Gasteiger charge is -2.08. The Morgan fingerprint density at radius 2 is 1.95 bits per heavy atom. The SMILES string of the molecule is CCOc1ccc(C(=O)NCc2ccccc2)cc1F. The van der Waals surface area contributed by atoms with Gasteiger partial charge in [-0.15, -0.1) is 0 Å². The van der Waals surface area contributed by atoms with E-state index in [4.69, 9.17) is 4.74 Å². The monoisotopic (exact) mass is 273 g/mol. The van der Waals surface area contributed by atoms with E-state index in [0.29, 0.717) is 13.2 Å². The van der Waals surface area contributed by atoms with Crippen molar-refractivity contribution >= 4 is 5.91 Å². The van der Waals surface area contributed by atoms with Gasteiger partial charge in [-0.05, 0) is 30.7 Å². The number of rotatable bonds is 5. The van der Waals surface area contributed by atoms with Crippen LogP contribution < -0.4 is 10.1 Å². The van der Waals surface area contributed by atoms with Crippen molar-refractivity contribution in [2.45, 2.75) is 13.5 Å². The summed E-state index contributed by atoms with van der Waals surface area (Å²) in [7, 11) is 0. The fourth-order valence-corrected chi connectivity index (χ4v) is 1.79. The topological polar surface area (TPSA) is 38.3 Å². The van der Waals surface area contributed by atoms with Crippen LogP contribution >= 0.6 is 0 Å². The molecule has 0 unspecified atom stereocenters. The highest BCUT2D eigenvalue weighted by molar-refractivity contribution is 5.94. The van der Waals surface area contributed by atoms with E-state index in [-0.39, 0.29) is 17.2 Å². The molecule has 2 rings (SSSR count). The minimum atomic E-state index is -0.529. The number of halogens is 1. The van der Waals surface area contributed by atoms with Crippen molar-refractivity contribution in [3.8, 4) is 5.75 Å². The Hall–Kier alpha value is -2.36. The van der Waals surface area contributed by atoms with Gasteiger partial charge in [-0.3, -0.25) is 4.79 Å². The quantitative estimate of drug-likeness (QED) is 0.908. The van der Waals surface area contributed by atoms with Gasteiger partial charge in [0.1, 0.15) is 0 Å². The van der Waals surface area contributed by atoms with Crippen LogP contribution in [0.5, 0.6) is 5.75 Å². The number of amides is 1. The van der Waals surface area contributed by atoms with Crippen LogP contribution in [0.3, 0.4) is 0 Å². The van der Waals surface area contributed by atoms with Crippen LogP contribution in [-0.4, -0.2) is 12.5 Å². The van der Waals surface area contributed by atoms with E-state index in [0.717, 1.165) is 5.56 Å². The average molecular weight is 273 g/mol. The highest BCUT2D eigenvalue weighted by atomic mass is 19.1. The Morgan fingerprint density at radius 1 is 1.20 bits per heavy atom. The van der Waals surface area contributed by atoms with Crippen LogP contribution in [0.15, 0.2) is 48.5 Å². The first-order valence-electron chi connectivity index (χ1n) is 6.45. The van der Waals surface area contributed by atoms with E-state index < -0.39 is 5.82 Å². The van der Waals surface area contributed by atoms with E-state index in [1.807, 2.05) is 30.3 Å². The largest absolute Gasteiger partial charge is 0.491 e. The average Bonchev–Trinajstić information content (AvgIpc) is 2.48. The van der Waals surface area contributed by atoms with E-state index in [1.54, 1.807) is 13.0 Å². The molecule has 0 spiro atoms. The lowest BCUT2D eigenvalue weighted by molar-refractivity contribution is 0.0950. The lowest BCUT2D eigenvalue weighted by atomic mass is 10.2. The van der Waals surface area contributed by atoms with Gasteiger partial charge in [0.05, 0.1) is 6.61 Å². The van der Waals surface area contributed by atoms with Crippen molar-refractivity contribution in [3.05, 3.63) is 65.5 Å². The molecule has 0 atom stereocenters. The van der Waals surface area contributed by atoms with Gasteiger partial charge in [0.15, 0.2) is 11.6 Å². The summed E-state index contributed by atoms with van der Waals surface area (Å²) >= 11 is 0. The summed E-state index contributed by atoms with van der Waals surface area (Å²) < 4.78 is 18.7. The molecular formula is C16H16FNO2. The summed E-state index contributed by atoms with van der Waals surface area (Å²) in [6.07, 6.45) is 0. The smallest absolute Gasteiger partial charge is 0.251 e. The number of carbonyl (C=O) groups is 1. The van der Waals surface area contributed by atoms with Crippen molar-refractivity contribution < 1.29 is 13.9 Å². The second-order valence-corrected chi connectivity index (χ2v) is 4.25. The minimum Gasteiger partial charge on any atom is -0.491 e. The molecule has 20 heavy (non-hydrogen) atoms. The van der Waals surface area contributed by atoms with Gasteiger partial charge in [0.25, 0.3) is 5.91 Å². The first-order chi connectivity index (χ1) is 9.70. The second-order valence-electron chi connectivity index (χ2n) is 4.25. The molecule has 0 aromatic heterocycles. The van der Waals surface area contributed by atoms with E-state index in [1.165, 1.54) is 12.1 Å². The summed E-state index contributed by atoms with van der Waals surface area (Å²) in [6.45, 7) is 2.57. The van der Waals surface area contributed by atoms with Crippen molar-refractivity contribution in [1.29, 1.82) is 0 Å². The molecule has 0 aliphatic heterocycles. The molecule has 4 heteroatoms. The predicted octanol–water partition coefficient (Wildman–Crippen LogP) is 3.15. The van der Waals surface area contributed by atoms with Crippen LogP contribution in [0.25, 0.3) is 0 Å². The van der Waals surface area contributed by atoms with Gasteiger partial charge in [-0.25, -0.2) is 4.39 Å². The lowest BCUT2D eigenvalue weighted by Crippen LogP contribution is -2.22. The van der Waals surface area contributed by atoms with E-state index in [2.05, 4.69) is 5.32 Å². The van der Waals surface area contributed by atoms with Gasteiger partial charge in [0.2, 0.25) is 0 Å². The first kappa shape index (κ1) is 14.1. The Labute approximate surface area is 117 Å². The van der Waals surface area contributed by atoms with Crippen LogP contribution in [-0.2, 0) is 6.54 Å². The molecular weight excluding hydrogens is 257 g/mol. The van der Waals surface area contributed by atoms with Crippen LogP contribution in [0.1, 0.15) is 22.8 Å². The minimum absolute atomic E-state index is 0.159. The molecule has 0 aliphatic rings. The summed E-state index contributed by atoms with van der Waals surface area (Å²) in [5.41, 5.74) is 1.27. The van der Waals surface area contributed by atoms with Crippen molar-refractivity contribution in [3.63, 3.8) is 0 Å². The van der Waals surface area contributed by atoms with Gasteiger partial charge in [-0.1, -0.05) is 30.3 Å². The number of ether oxygens (including phenoxy) is 1. The summed E-state index contributed by atoms with van der Waals surface area (Å²) in [5, 5.41) is 2.75. The van der Waals surface area contributed by atoms with Crippen molar-refractivity contribution in [2.75, 3.05) is 6.61 Å². The fraction of sp³-hybridized carbons (Fsp3) is 0.188. The zero-order chi connectivity index (χ0) is 14.4. The van der Waals surface area contributed by atoms with Crippen molar-refractivity contribution in [1.82, 2.24) is 5.32 Å². The first-order valence-corrected chi connectivity index (χ1v) is 6.45. The normalized spacial score (nSPS) is 10.1. The maximum absolute atomic E-state index is 13.7. The van der Waals surface area contributed by atoms with Gasteiger partial charge >= 0.3 is 0 Å². The number of carbonyl (C=O) groups excluding carboxylic acids is 1. The fourth-order valence-electron chi connectivity index (χ4n) is 1.79. The molecule has 0 saturated heterocycles. The van der Waals surface area contributed by atoms with Gasteiger partial charge in [-0.2, -0.15) is 0 Å². The third kappa shape index (κ3) is 3.57. The maximum atomic E-state index is 13.7. The van der Waals surface area contributed by atoms with E-state index >= 15 is 0 Å². The summed E-state index contributed by atoms with van der Waals surface area (Å²) in [5.74, 6) is -0.679. The Morgan fingerprint density at radius 3 is 2.60 bits per heavy atom. The highest BCUT2D eigenvalue weighted by Gasteiger charge is 2.10. The molecule has 0 fully saturated rings. The molecule has 104 valence electrons. The molecule has 1 amide bonds. The Bertz CT molecular complexity index is 584. The summed E-state index contributed by atoms with van der Waals surface area (Å²) in [6, 6.07) is 13.7. The van der Waals surface area contributed by atoms with E-state index in [9.17, 15) is 9.18 Å². The molecule has 3 nitrogen and oxygen atoms in total. The van der Waals surface area contributed by atoms with Crippen LogP contribution in [0, 0.1) is 5.82 Å². The number of hydrogen-bond donors (Lipinski definition) is 1. The summed E-state index contributed by atoms with van der Waals surface area (Å²) in [4.78, 5) is 11.9.